The first kappa shape index (κ1) is 17.7. The molecular weight excluding hydrogens is 436 g/mol. The van der Waals surface area contributed by atoms with Crippen LogP contribution in [0.25, 0.3) is 0 Å². The number of phosphoric acid groups is 1. The van der Waals surface area contributed by atoms with Gasteiger partial charge in [-0.25, -0.2) is 9.36 Å². The van der Waals surface area contributed by atoms with Gasteiger partial charge in [0.1, 0.15) is 24.1 Å². The first-order chi connectivity index (χ1) is 10.1. The largest absolute Gasteiger partial charge is 0.469 e. The van der Waals surface area contributed by atoms with Crippen LogP contribution in [0.4, 0.5) is 5.82 Å². The normalized spacial score (nSPS) is 29.0. The second kappa shape index (κ2) is 6.49. The van der Waals surface area contributed by atoms with Crippen LogP contribution in [-0.2, 0) is 13.8 Å². The molecule has 0 bridgehead atoms. The smallest absolute Gasteiger partial charge is 0.387 e. The Bertz CT molecular complexity index is 663. The van der Waals surface area contributed by atoms with Crippen LogP contribution >= 0.6 is 30.4 Å². The van der Waals surface area contributed by atoms with Crippen molar-refractivity contribution in [3.63, 3.8) is 0 Å². The van der Waals surface area contributed by atoms with Gasteiger partial charge in [-0.05, 0) is 22.6 Å². The molecule has 1 fully saturated rings. The van der Waals surface area contributed by atoms with Crippen molar-refractivity contribution in [2.45, 2.75) is 24.5 Å². The van der Waals surface area contributed by atoms with Crippen LogP contribution in [0, 0.1) is 3.57 Å². The van der Waals surface area contributed by atoms with Crippen LogP contribution in [-0.4, -0.2) is 54.5 Å². The van der Waals surface area contributed by atoms with Crippen molar-refractivity contribution < 1.29 is 33.8 Å². The number of rotatable bonds is 4. The molecule has 0 saturated carbocycles. The molecule has 0 amide bonds. The molecule has 1 aromatic rings. The SMILES string of the molecule is Nc1nc(=O)n(C2O[C@H](COP(=O)(O)O)[C@@H](O)C2O)cc1I. The summed E-state index contributed by atoms with van der Waals surface area (Å²) in [5, 5.41) is 19.8. The molecule has 0 radical (unpaired) electrons. The van der Waals surface area contributed by atoms with Crippen molar-refractivity contribution in [2.75, 3.05) is 12.3 Å². The molecule has 0 spiro atoms. The molecule has 2 unspecified atom stereocenters. The third-order valence-corrected chi connectivity index (χ3v) is 4.27. The summed E-state index contributed by atoms with van der Waals surface area (Å²) in [5.41, 5.74) is 4.68. The predicted molar refractivity (Wildman–Crippen MR) is 79.5 cm³/mol. The van der Waals surface area contributed by atoms with Gasteiger partial charge in [0.25, 0.3) is 0 Å². The van der Waals surface area contributed by atoms with Gasteiger partial charge in [-0.1, -0.05) is 0 Å². The number of phosphoric ester groups is 1. The summed E-state index contributed by atoms with van der Waals surface area (Å²) in [5.74, 6) is 0.0104. The van der Waals surface area contributed by atoms with E-state index in [9.17, 15) is 19.6 Å². The Balaban J connectivity index is 2.22. The zero-order chi connectivity index (χ0) is 16.7. The van der Waals surface area contributed by atoms with Crippen LogP contribution in [0.15, 0.2) is 11.0 Å². The number of aliphatic hydroxyl groups is 2. The fourth-order valence-corrected chi connectivity index (χ4v) is 2.67. The van der Waals surface area contributed by atoms with Gasteiger partial charge in [-0.2, -0.15) is 4.98 Å². The first-order valence-corrected chi connectivity index (χ1v) is 8.47. The highest BCUT2D eigenvalue weighted by atomic mass is 127. The van der Waals surface area contributed by atoms with E-state index in [0.29, 0.717) is 3.57 Å². The third-order valence-electron chi connectivity index (χ3n) is 2.95. The zero-order valence-electron chi connectivity index (χ0n) is 10.8. The van der Waals surface area contributed by atoms with E-state index in [4.69, 9.17) is 20.3 Å². The molecule has 1 aliphatic heterocycles. The fourth-order valence-electron chi connectivity index (χ4n) is 1.91. The number of aliphatic hydroxyl groups excluding tert-OH is 2. The number of nitrogen functional groups attached to an aromatic ring is 1. The molecule has 4 atom stereocenters. The summed E-state index contributed by atoms with van der Waals surface area (Å²) >= 11 is 1.82. The van der Waals surface area contributed by atoms with E-state index < -0.39 is 44.7 Å². The minimum atomic E-state index is -4.75. The standard InChI is InChI=1S/C9H13IN3O8P/c10-3-1-13(9(16)12-7(3)11)8-6(15)5(14)4(21-8)2-20-22(17,18)19/h1,4-6,8,14-15H,2H2,(H2,11,12,16)(H2,17,18,19)/t4-,5-,6?,8?/m1/s1. The van der Waals surface area contributed by atoms with Crippen molar-refractivity contribution in [1.29, 1.82) is 0 Å². The van der Waals surface area contributed by atoms with Crippen LogP contribution in [0.2, 0.25) is 0 Å². The van der Waals surface area contributed by atoms with E-state index in [1.807, 2.05) is 22.6 Å². The van der Waals surface area contributed by atoms with E-state index in [1.54, 1.807) is 0 Å². The molecule has 1 aliphatic rings. The van der Waals surface area contributed by atoms with Gasteiger partial charge in [-0.3, -0.25) is 9.09 Å². The van der Waals surface area contributed by atoms with Gasteiger partial charge in [0, 0.05) is 6.20 Å². The zero-order valence-corrected chi connectivity index (χ0v) is 13.9. The van der Waals surface area contributed by atoms with Gasteiger partial charge in [0.15, 0.2) is 6.23 Å². The molecule has 0 aliphatic carbocycles. The number of nitrogens with two attached hydrogens (primary N) is 1. The van der Waals surface area contributed by atoms with E-state index in [2.05, 4.69) is 9.51 Å². The average Bonchev–Trinajstić information content (AvgIpc) is 2.68. The molecule has 124 valence electrons. The van der Waals surface area contributed by atoms with Crippen LogP contribution < -0.4 is 11.4 Å². The van der Waals surface area contributed by atoms with Gasteiger partial charge >= 0.3 is 13.5 Å². The van der Waals surface area contributed by atoms with Gasteiger partial charge in [-0.15, -0.1) is 0 Å². The lowest BCUT2D eigenvalue weighted by atomic mass is 10.1. The Morgan fingerprint density at radius 2 is 2.09 bits per heavy atom. The summed E-state index contributed by atoms with van der Waals surface area (Å²) in [6, 6.07) is 0. The summed E-state index contributed by atoms with van der Waals surface area (Å²) in [6.07, 6.45) is -4.23. The number of anilines is 1. The number of ether oxygens (including phenoxy) is 1. The molecular formula is C9H13IN3O8P. The van der Waals surface area contributed by atoms with Crippen molar-refractivity contribution >= 4 is 36.2 Å². The first-order valence-electron chi connectivity index (χ1n) is 5.86. The Kier molecular flexibility index (Phi) is 5.23. The van der Waals surface area contributed by atoms with Crippen LogP contribution in [0.5, 0.6) is 0 Å². The Morgan fingerprint density at radius 3 is 2.68 bits per heavy atom. The summed E-state index contributed by atoms with van der Waals surface area (Å²) < 4.78 is 21.5. The molecule has 1 saturated heterocycles. The lowest BCUT2D eigenvalue weighted by molar-refractivity contribution is -0.0543. The van der Waals surface area contributed by atoms with E-state index in [-0.39, 0.29) is 5.82 Å². The van der Waals surface area contributed by atoms with E-state index in [0.717, 1.165) is 4.57 Å². The highest BCUT2D eigenvalue weighted by Crippen LogP contribution is 2.38. The van der Waals surface area contributed by atoms with Gasteiger partial charge in [0.2, 0.25) is 0 Å². The highest BCUT2D eigenvalue weighted by molar-refractivity contribution is 14.1. The molecule has 1 aromatic heterocycles. The minimum absolute atomic E-state index is 0.0104. The third kappa shape index (κ3) is 3.83. The van der Waals surface area contributed by atoms with Crippen molar-refractivity contribution in [1.82, 2.24) is 9.55 Å². The highest BCUT2D eigenvalue weighted by Gasteiger charge is 2.45. The number of halogens is 1. The fraction of sp³-hybridized carbons (Fsp3) is 0.556. The van der Waals surface area contributed by atoms with E-state index >= 15 is 0 Å². The van der Waals surface area contributed by atoms with E-state index in [1.165, 1.54) is 6.20 Å². The molecule has 13 heteroatoms. The van der Waals surface area contributed by atoms with Crippen molar-refractivity contribution in [3.05, 3.63) is 20.3 Å². The summed E-state index contributed by atoms with van der Waals surface area (Å²) in [6.45, 7) is -0.659. The molecule has 0 aromatic carbocycles. The lowest BCUT2D eigenvalue weighted by Gasteiger charge is -2.17. The van der Waals surface area contributed by atoms with Crippen LogP contribution in [0.1, 0.15) is 6.23 Å². The molecule has 2 heterocycles. The number of aromatic nitrogens is 2. The van der Waals surface area contributed by atoms with Crippen molar-refractivity contribution in [2.24, 2.45) is 0 Å². The molecule has 11 nitrogen and oxygen atoms in total. The minimum Gasteiger partial charge on any atom is -0.387 e. The maximum Gasteiger partial charge on any atom is 0.469 e. The average molecular weight is 449 g/mol. The quantitative estimate of drug-likeness (QED) is 0.259. The second-order valence-corrected chi connectivity index (χ2v) is 6.90. The maximum absolute atomic E-state index is 11.8. The van der Waals surface area contributed by atoms with Crippen LogP contribution in [0.3, 0.4) is 0 Å². The number of nitrogens with zero attached hydrogens (tertiary/aromatic N) is 2. The van der Waals surface area contributed by atoms with Crippen molar-refractivity contribution in [3.8, 4) is 0 Å². The predicted octanol–water partition coefficient (Wildman–Crippen LogP) is -1.84. The molecule has 6 N–H and O–H groups in total. The second-order valence-electron chi connectivity index (χ2n) is 4.50. The van der Waals surface area contributed by atoms with Gasteiger partial charge in [0.05, 0.1) is 10.2 Å². The topological polar surface area (TPSA) is 177 Å². The summed E-state index contributed by atoms with van der Waals surface area (Å²) in [7, 11) is -4.75. The Labute approximate surface area is 137 Å². The summed E-state index contributed by atoms with van der Waals surface area (Å²) in [4.78, 5) is 32.6. The Hall–Kier alpha value is -0.600. The lowest BCUT2D eigenvalue weighted by Crippen LogP contribution is -2.36. The van der Waals surface area contributed by atoms with Gasteiger partial charge < -0.3 is 30.5 Å². The number of hydrogen-bond donors (Lipinski definition) is 5. The Morgan fingerprint density at radius 1 is 1.45 bits per heavy atom. The monoisotopic (exact) mass is 449 g/mol. The number of hydrogen-bond acceptors (Lipinski definition) is 8. The maximum atomic E-state index is 11.8. The molecule has 2 rings (SSSR count). The molecule has 22 heavy (non-hydrogen) atoms.